The zero-order chi connectivity index (χ0) is 15.1. The molecule has 0 aliphatic carbocycles. The molecule has 3 heterocycles. The molecule has 0 saturated carbocycles. The van der Waals surface area contributed by atoms with Crippen LogP contribution in [0.25, 0.3) is 16.0 Å². The van der Waals surface area contributed by atoms with E-state index in [0.717, 1.165) is 46.0 Å². The Hall–Kier alpha value is -1.95. The molecule has 21 heavy (non-hydrogen) atoms. The summed E-state index contributed by atoms with van der Waals surface area (Å²) >= 11 is 1.69. The van der Waals surface area contributed by atoms with Gasteiger partial charge in [0.2, 0.25) is 0 Å². The van der Waals surface area contributed by atoms with Crippen LogP contribution in [0.1, 0.15) is 35.7 Å². The van der Waals surface area contributed by atoms with Crippen molar-refractivity contribution in [3.63, 3.8) is 0 Å². The Bertz CT molecular complexity index is 815. The van der Waals surface area contributed by atoms with E-state index < -0.39 is 0 Å². The lowest BCUT2D eigenvalue weighted by molar-refractivity contribution is 0.776. The first-order valence-corrected chi connectivity index (χ1v) is 7.97. The summed E-state index contributed by atoms with van der Waals surface area (Å²) in [6, 6.07) is 0. The molecule has 2 N–H and O–H groups in total. The minimum atomic E-state index is 0.788. The monoisotopic (exact) mass is 301 g/mol. The van der Waals surface area contributed by atoms with E-state index in [0.29, 0.717) is 0 Å². The van der Waals surface area contributed by atoms with E-state index in [-0.39, 0.29) is 0 Å². The van der Waals surface area contributed by atoms with Crippen LogP contribution in [0.3, 0.4) is 0 Å². The van der Waals surface area contributed by atoms with Crippen molar-refractivity contribution < 1.29 is 0 Å². The molecule has 0 aliphatic rings. The molecule has 110 valence electrons. The molecular formula is C15H19N5S. The topological polar surface area (TPSA) is 69.6 Å². The minimum Gasteiger partial charge on any atom is -0.396 e. The van der Waals surface area contributed by atoms with Crippen LogP contribution < -0.4 is 5.73 Å². The smallest absolute Gasteiger partial charge is 0.166 e. The molecule has 0 atom stereocenters. The molecule has 6 heteroatoms. The van der Waals surface area contributed by atoms with E-state index in [2.05, 4.69) is 42.8 Å². The highest BCUT2D eigenvalue weighted by atomic mass is 32.1. The van der Waals surface area contributed by atoms with Gasteiger partial charge in [-0.2, -0.15) is 5.10 Å². The number of hydrogen-bond acceptors (Lipinski definition) is 5. The zero-order valence-corrected chi connectivity index (χ0v) is 13.6. The molecule has 0 bridgehead atoms. The number of fused-ring (bicyclic) bond motifs is 1. The summed E-state index contributed by atoms with van der Waals surface area (Å²) < 4.78 is 1.90. The van der Waals surface area contributed by atoms with Crippen molar-refractivity contribution >= 4 is 27.2 Å². The first-order valence-electron chi connectivity index (χ1n) is 7.15. The summed E-state index contributed by atoms with van der Waals surface area (Å²) in [5, 5.41) is 5.76. The first-order chi connectivity index (χ1) is 10.1. The van der Waals surface area contributed by atoms with Gasteiger partial charge >= 0.3 is 0 Å². The van der Waals surface area contributed by atoms with Gasteiger partial charge in [0.05, 0.1) is 22.5 Å². The van der Waals surface area contributed by atoms with Crippen molar-refractivity contribution in [2.24, 2.45) is 0 Å². The fourth-order valence-corrected chi connectivity index (χ4v) is 3.61. The molecule has 5 nitrogen and oxygen atoms in total. The second kappa shape index (κ2) is 5.11. The number of nitrogens with two attached hydrogens (primary N) is 1. The predicted molar refractivity (Wildman–Crippen MR) is 87.2 cm³/mol. The molecule has 3 rings (SSSR count). The van der Waals surface area contributed by atoms with Crippen molar-refractivity contribution in [2.45, 2.75) is 40.5 Å². The third-order valence-electron chi connectivity index (χ3n) is 3.91. The SMILES string of the molecule is CCc1nn(-c2ncnc3sc(C)c(C)c23)c(CC)c1N. The lowest BCUT2D eigenvalue weighted by Crippen LogP contribution is -2.06. The Morgan fingerprint density at radius 2 is 1.95 bits per heavy atom. The van der Waals surface area contributed by atoms with Gasteiger partial charge in [-0.3, -0.25) is 0 Å². The van der Waals surface area contributed by atoms with Crippen LogP contribution in [0, 0.1) is 13.8 Å². The highest BCUT2D eigenvalue weighted by molar-refractivity contribution is 7.18. The number of nitrogen functional groups attached to an aromatic ring is 1. The average Bonchev–Trinajstić information content (AvgIpc) is 2.96. The summed E-state index contributed by atoms with van der Waals surface area (Å²) in [7, 11) is 0. The molecule has 0 fully saturated rings. The van der Waals surface area contributed by atoms with Crippen molar-refractivity contribution in [1.82, 2.24) is 19.7 Å². The summed E-state index contributed by atoms with van der Waals surface area (Å²) in [5.74, 6) is 0.838. The van der Waals surface area contributed by atoms with Gasteiger partial charge in [-0.05, 0) is 32.3 Å². The van der Waals surface area contributed by atoms with Crippen LogP contribution in [0.5, 0.6) is 0 Å². The Kier molecular flexibility index (Phi) is 3.41. The lowest BCUT2D eigenvalue weighted by atomic mass is 10.2. The number of nitrogens with zero attached hydrogens (tertiary/aromatic N) is 4. The molecule has 0 amide bonds. The molecule has 3 aromatic rings. The van der Waals surface area contributed by atoms with Gasteiger partial charge in [-0.25, -0.2) is 14.6 Å². The highest BCUT2D eigenvalue weighted by Gasteiger charge is 2.19. The molecule has 0 saturated heterocycles. The van der Waals surface area contributed by atoms with Gasteiger partial charge in [0.25, 0.3) is 0 Å². The quantitative estimate of drug-likeness (QED) is 0.806. The number of anilines is 1. The largest absolute Gasteiger partial charge is 0.396 e. The third kappa shape index (κ3) is 2.01. The molecular weight excluding hydrogens is 282 g/mol. The number of hydrogen-bond donors (Lipinski definition) is 1. The maximum atomic E-state index is 6.23. The summed E-state index contributed by atoms with van der Waals surface area (Å²) in [5.41, 5.74) is 10.2. The van der Waals surface area contributed by atoms with Crippen molar-refractivity contribution in [1.29, 1.82) is 0 Å². The minimum absolute atomic E-state index is 0.788. The van der Waals surface area contributed by atoms with Crippen molar-refractivity contribution in [2.75, 3.05) is 5.73 Å². The average molecular weight is 301 g/mol. The normalized spacial score (nSPS) is 11.4. The van der Waals surface area contributed by atoms with E-state index in [4.69, 9.17) is 5.73 Å². The maximum Gasteiger partial charge on any atom is 0.166 e. The Balaban J connectivity index is 2.35. The van der Waals surface area contributed by atoms with E-state index >= 15 is 0 Å². The summed E-state index contributed by atoms with van der Waals surface area (Å²) in [4.78, 5) is 11.1. The van der Waals surface area contributed by atoms with Crippen molar-refractivity contribution in [3.8, 4) is 5.82 Å². The zero-order valence-electron chi connectivity index (χ0n) is 12.8. The standard InChI is InChI=1S/C15H19N5S/c1-5-10-13(16)11(6-2)20(19-10)14-12-8(3)9(4)21-15(12)18-7-17-14/h7H,5-6,16H2,1-4H3. The number of aryl methyl sites for hydroxylation is 3. The Morgan fingerprint density at radius 3 is 2.62 bits per heavy atom. The Morgan fingerprint density at radius 1 is 1.19 bits per heavy atom. The molecule has 0 spiro atoms. The van der Waals surface area contributed by atoms with Crippen LogP contribution in [-0.4, -0.2) is 19.7 Å². The fourth-order valence-electron chi connectivity index (χ4n) is 2.62. The molecule has 3 aromatic heterocycles. The third-order valence-corrected chi connectivity index (χ3v) is 5.03. The van der Waals surface area contributed by atoms with Gasteiger partial charge in [0.15, 0.2) is 5.82 Å². The van der Waals surface area contributed by atoms with Gasteiger partial charge in [0, 0.05) is 4.88 Å². The van der Waals surface area contributed by atoms with Gasteiger partial charge < -0.3 is 5.73 Å². The molecule has 0 aliphatic heterocycles. The van der Waals surface area contributed by atoms with Crippen LogP contribution in [0.15, 0.2) is 6.33 Å². The van der Waals surface area contributed by atoms with Crippen LogP contribution in [0.4, 0.5) is 5.69 Å². The molecule has 0 aromatic carbocycles. The van der Waals surface area contributed by atoms with E-state index in [1.165, 1.54) is 10.4 Å². The van der Waals surface area contributed by atoms with E-state index in [1.54, 1.807) is 17.7 Å². The van der Waals surface area contributed by atoms with Crippen LogP contribution in [-0.2, 0) is 12.8 Å². The van der Waals surface area contributed by atoms with E-state index in [1.807, 2.05) is 4.68 Å². The van der Waals surface area contributed by atoms with Gasteiger partial charge in [-0.1, -0.05) is 13.8 Å². The fraction of sp³-hybridized carbons (Fsp3) is 0.400. The number of thiophene rings is 1. The Labute approximate surface area is 127 Å². The number of aromatic nitrogens is 4. The molecule has 0 radical (unpaired) electrons. The molecule has 0 unspecified atom stereocenters. The predicted octanol–water partition coefficient (Wildman–Crippen LogP) is 3.20. The highest BCUT2D eigenvalue weighted by Crippen LogP contribution is 2.33. The number of rotatable bonds is 3. The summed E-state index contributed by atoms with van der Waals surface area (Å²) in [6.45, 7) is 8.38. The van der Waals surface area contributed by atoms with Gasteiger partial charge in [0.1, 0.15) is 11.2 Å². The summed E-state index contributed by atoms with van der Waals surface area (Å²) in [6.07, 6.45) is 3.25. The van der Waals surface area contributed by atoms with Crippen LogP contribution in [0.2, 0.25) is 0 Å². The second-order valence-corrected chi connectivity index (χ2v) is 6.29. The first kappa shape index (κ1) is 14.0. The van der Waals surface area contributed by atoms with E-state index in [9.17, 15) is 0 Å². The maximum absolute atomic E-state index is 6.23. The van der Waals surface area contributed by atoms with Crippen LogP contribution >= 0.6 is 11.3 Å². The van der Waals surface area contributed by atoms with Crippen molar-refractivity contribution in [3.05, 3.63) is 28.2 Å². The van der Waals surface area contributed by atoms with Gasteiger partial charge in [-0.15, -0.1) is 11.3 Å². The lowest BCUT2D eigenvalue weighted by Gasteiger charge is -2.07. The second-order valence-electron chi connectivity index (χ2n) is 5.09.